The largest absolute Gasteiger partial charge is 0.294 e. The van der Waals surface area contributed by atoms with Gasteiger partial charge in [0.1, 0.15) is 0 Å². The second-order valence-electron chi connectivity index (χ2n) is 3.33. The van der Waals surface area contributed by atoms with Crippen molar-refractivity contribution in [3.8, 4) is 0 Å². The molecule has 12 heavy (non-hydrogen) atoms. The quantitative estimate of drug-likeness (QED) is 0.605. The molecule has 0 aromatic carbocycles. The van der Waals surface area contributed by atoms with Gasteiger partial charge in [-0.25, -0.2) is 0 Å². The monoisotopic (exact) mass is 193 g/mol. The lowest BCUT2D eigenvalue weighted by molar-refractivity contribution is 0.401. The van der Waals surface area contributed by atoms with Crippen molar-refractivity contribution in [3.05, 3.63) is 0 Å². The van der Waals surface area contributed by atoms with Gasteiger partial charge in [0.05, 0.1) is 5.75 Å². The first-order chi connectivity index (χ1) is 5.45. The minimum Gasteiger partial charge on any atom is -0.197 e. The molecule has 1 unspecified atom stereocenters. The molecule has 1 radical (unpaired) electrons. The van der Waals surface area contributed by atoms with Crippen LogP contribution in [0.1, 0.15) is 39.5 Å². The van der Waals surface area contributed by atoms with E-state index in [1.54, 1.807) is 0 Å². The van der Waals surface area contributed by atoms with E-state index in [-0.39, 0.29) is 11.7 Å². The standard InChI is InChI=1S/C8H17O3S/c1-3-4-5-6-8(2)7-12(9,10)11/h8H,3-7H2,1-2H3. The summed E-state index contributed by atoms with van der Waals surface area (Å²) in [5.41, 5.74) is 0. The van der Waals surface area contributed by atoms with Gasteiger partial charge in [-0.05, 0) is 12.3 Å². The molecular formula is C8H17O3S. The lowest BCUT2D eigenvalue weighted by Gasteiger charge is -2.06. The van der Waals surface area contributed by atoms with Gasteiger partial charge < -0.3 is 0 Å². The SMILES string of the molecule is CCCCCC(C)CS([O])(=O)=O. The molecule has 0 fully saturated rings. The summed E-state index contributed by atoms with van der Waals surface area (Å²) in [5, 5.41) is 0. The van der Waals surface area contributed by atoms with Crippen LogP contribution in [-0.2, 0) is 14.7 Å². The Hall–Kier alpha value is -0.0900. The molecule has 0 aromatic rings. The zero-order chi connectivity index (χ0) is 9.61. The Kier molecular flexibility index (Phi) is 5.50. The molecule has 3 nitrogen and oxygen atoms in total. The van der Waals surface area contributed by atoms with Crippen molar-refractivity contribution in [2.24, 2.45) is 5.92 Å². The van der Waals surface area contributed by atoms with Gasteiger partial charge in [-0.2, -0.15) is 8.42 Å². The summed E-state index contributed by atoms with van der Waals surface area (Å²) in [6.45, 7) is 3.90. The summed E-state index contributed by atoms with van der Waals surface area (Å²) >= 11 is 0. The second kappa shape index (κ2) is 5.54. The van der Waals surface area contributed by atoms with Gasteiger partial charge in [0.2, 0.25) is 0 Å². The molecule has 0 aliphatic heterocycles. The molecule has 0 aliphatic carbocycles. The first kappa shape index (κ1) is 11.9. The predicted octanol–water partition coefficient (Wildman–Crippen LogP) is 1.96. The number of hydrogen-bond acceptors (Lipinski definition) is 2. The topological polar surface area (TPSA) is 54.0 Å². The summed E-state index contributed by atoms with van der Waals surface area (Å²) in [4.78, 5) is 0. The maximum absolute atomic E-state index is 10.3. The van der Waals surface area contributed by atoms with Crippen LogP contribution in [0.2, 0.25) is 0 Å². The van der Waals surface area contributed by atoms with Gasteiger partial charge in [-0.15, -0.1) is 0 Å². The van der Waals surface area contributed by atoms with E-state index < -0.39 is 10.1 Å². The molecule has 0 N–H and O–H groups in total. The smallest absolute Gasteiger partial charge is 0.197 e. The van der Waals surface area contributed by atoms with Crippen molar-refractivity contribution in [2.75, 3.05) is 5.75 Å². The van der Waals surface area contributed by atoms with Crippen molar-refractivity contribution < 1.29 is 13.0 Å². The van der Waals surface area contributed by atoms with Gasteiger partial charge in [-0.3, -0.25) is 0 Å². The van der Waals surface area contributed by atoms with Gasteiger partial charge in [0, 0.05) is 0 Å². The Morgan fingerprint density at radius 2 is 1.83 bits per heavy atom. The molecule has 0 bridgehead atoms. The van der Waals surface area contributed by atoms with E-state index in [9.17, 15) is 13.0 Å². The lowest BCUT2D eigenvalue weighted by Crippen LogP contribution is -2.11. The highest BCUT2D eigenvalue weighted by molar-refractivity contribution is 7.85. The fourth-order valence-electron chi connectivity index (χ4n) is 1.17. The molecule has 0 aliphatic rings. The van der Waals surface area contributed by atoms with E-state index in [2.05, 4.69) is 6.92 Å². The molecule has 0 amide bonds. The van der Waals surface area contributed by atoms with E-state index in [4.69, 9.17) is 0 Å². The molecule has 0 spiro atoms. The van der Waals surface area contributed by atoms with E-state index >= 15 is 0 Å². The highest BCUT2D eigenvalue weighted by Crippen LogP contribution is 2.10. The summed E-state index contributed by atoms with van der Waals surface area (Å²) < 4.78 is 31.0. The van der Waals surface area contributed by atoms with Gasteiger partial charge in [-0.1, -0.05) is 37.7 Å². The van der Waals surface area contributed by atoms with Gasteiger partial charge >= 0.3 is 0 Å². The van der Waals surface area contributed by atoms with E-state index in [1.165, 1.54) is 0 Å². The molecule has 0 saturated carbocycles. The third-order valence-corrected chi connectivity index (χ3v) is 2.77. The third kappa shape index (κ3) is 8.01. The van der Waals surface area contributed by atoms with Crippen molar-refractivity contribution >= 4 is 10.1 Å². The molecule has 0 heterocycles. The van der Waals surface area contributed by atoms with Crippen LogP contribution >= 0.6 is 0 Å². The zero-order valence-electron chi connectivity index (χ0n) is 7.75. The van der Waals surface area contributed by atoms with Crippen molar-refractivity contribution in [1.29, 1.82) is 0 Å². The molecule has 4 heteroatoms. The molecule has 0 rings (SSSR count). The number of unbranched alkanes of at least 4 members (excludes halogenated alkanes) is 2. The van der Waals surface area contributed by atoms with Crippen LogP contribution < -0.4 is 0 Å². The van der Waals surface area contributed by atoms with Crippen molar-refractivity contribution in [3.63, 3.8) is 0 Å². The molecule has 0 aromatic heterocycles. The first-order valence-electron chi connectivity index (χ1n) is 4.39. The Morgan fingerprint density at radius 1 is 1.25 bits per heavy atom. The van der Waals surface area contributed by atoms with Gasteiger partial charge in [0.25, 0.3) is 10.1 Å². The first-order valence-corrected chi connectivity index (χ1v) is 5.97. The minimum atomic E-state index is -4.01. The van der Waals surface area contributed by atoms with Crippen LogP contribution in [0.15, 0.2) is 0 Å². The Bertz CT molecular complexity index is 196. The van der Waals surface area contributed by atoms with Crippen LogP contribution in [0.4, 0.5) is 0 Å². The third-order valence-electron chi connectivity index (χ3n) is 1.79. The zero-order valence-corrected chi connectivity index (χ0v) is 8.56. The maximum atomic E-state index is 10.3. The van der Waals surface area contributed by atoms with Crippen LogP contribution in [-0.4, -0.2) is 14.2 Å². The van der Waals surface area contributed by atoms with E-state index in [1.807, 2.05) is 6.92 Å². The predicted molar refractivity (Wildman–Crippen MR) is 47.8 cm³/mol. The molecule has 1 atom stereocenters. The van der Waals surface area contributed by atoms with Crippen LogP contribution in [0.5, 0.6) is 0 Å². The summed E-state index contributed by atoms with van der Waals surface area (Å²) in [6.07, 6.45) is 4.10. The van der Waals surface area contributed by atoms with Gasteiger partial charge in [0.15, 0.2) is 0 Å². The van der Waals surface area contributed by atoms with E-state index in [0.29, 0.717) is 0 Å². The number of hydrogen-bond donors (Lipinski definition) is 0. The lowest BCUT2D eigenvalue weighted by atomic mass is 10.1. The Morgan fingerprint density at radius 3 is 2.25 bits per heavy atom. The highest BCUT2D eigenvalue weighted by Gasteiger charge is 2.12. The average Bonchev–Trinajstić information content (AvgIpc) is 1.84. The fourth-order valence-corrected chi connectivity index (χ4v) is 2.04. The van der Waals surface area contributed by atoms with Crippen molar-refractivity contribution in [1.82, 2.24) is 0 Å². The van der Waals surface area contributed by atoms with Crippen LogP contribution in [0, 0.1) is 5.92 Å². The normalized spacial score (nSPS) is 14.6. The Balaban J connectivity index is 3.53. The summed E-state index contributed by atoms with van der Waals surface area (Å²) in [6, 6.07) is 0. The molecule has 73 valence electrons. The maximum Gasteiger partial charge on any atom is 0.294 e. The highest BCUT2D eigenvalue weighted by atomic mass is 32.2. The minimum absolute atomic E-state index is 0.0130. The molecule has 0 saturated heterocycles. The molecular weight excluding hydrogens is 176 g/mol. The summed E-state index contributed by atoms with van der Waals surface area (Å²) in [7, 11) is -4.01. The van der Waals surface area contributed by atoms with Crippen LogP contribution in [0.25, 0.3) is 0 Å². The second-order valence-corrected chi connectivity index (χ2v) is 4.77. The Labute approximate surface area is 74.9 Å². The number of rotatable bonds is 6. The van der Waals surface area contributed by atoms with Crippen LogP contribution in [0.3, 0.4) is 0 Å². The fraction of sp³-hybridized carbons (Fsp3) is 1.00. The van der Waals surface area contributed by atoms with Crippen molar-refractivity contribution in [2.45, 2.75) is 39.5 Å². The average molecular weight is 193 g/mol. The van der Waals surface area contributed by atoms with E-state index in [0.717, 1.165) is 25.7 Å². The summed E-state index contributed by atoms with van der Waals surface area (Å²) in [5.74, 6) is -0.199.